The second kappa shape index (κ2) is 4.14. The maximum Gasteiger partial charge on any atom is 0.493 e. The van der Waals surface area contributed by atoms with Crippen LogP contribution in [0.3, 0.4) is 0 Å². The van der Waals surface area contributed by atoms with E-state index in [0.29, 0.717) is 0 Å². The molecule has 1 aliphatic rings. The molecule has 1 fully saturated rings. The molecule has 2 nitrogen and oxygen atoms in total. The largest absolute Gasteiger partial charge is 0.493 e. The van der Waals surface area contributed by atoms with Gasteiger partial charge in [0.2, 0.25) is 0 Å². The summed E-state index contributed by atoms with van der Waals surface area (Å²) in [6.45, 7) is 1.52. The summed E-state index contributed by atoms with van der Waals surface area (Å²) in [5.41, 5.74) is 0.993. The Morgan fingerprint density at radius 3 is 2.69 bits per heavy atom. The maximum atomic E-state index is 5.85. The fourth-order valence-electron chi connectivity index (χ4n) is 1.33. The van der Waals surface area contributed by atoms with Gasteiger partial charge in [-0.1, -0.05) is 23.7 Å². The van der Waals surface area contributed by atoms with E-state index in [4.69, 9.17) is 20.9 Å². The second-order valence-electron chi connectivity index (χ2n) is 2.98. The molecule has 13 heavy (non-hydrogen) atoms. The van der Waals surface area contributed by atoms with E-state index in [0.717, 1.165) is 30.1 Å². The van der Waals surface area contributed by atoms with Gasteiger partial charge in [-0.25, -0.2) is 0 Å². The Morgan fingerprint density at radius 1 is 1.23 bits per heavy atom. The lowest BCUT2D eigenvalue weighted by Gasteiger charge is -2.19. The molecule has 1 aliphatic heterocycles. The Kier molecular flexibility index (Phi) is 2.88. The molecule has 1 aromatic carbocycles. The average Bonchev–Trinajstić information content (AvgIpc) is 2.19. The van der Waals surface area contributed by atoms with Crippen LogP contribution in [0.5, 0.6) is 0 Å². The monoisotopic (exact) mass is 196 g/mol. The number of hydrogen-bond donors (Lipinski definition) is 0. The van der Waals surface area contributed by atoms with E-state index in [1.54, 1.807) is 0 Å². The van der Waals surface area contributed by atoms with Gasteiger partial charge in [0.15, 0.2) is 0 Å². The quantitative estimate of drug-likeness (QED) is 0.634. The van der Waals surface area contributed by atoms with Gasteiger partial charge in [-0.05, 0) is 24.0 Å². The van der Waals surface area contributed by atoms with Crippen molar-refractivity contribution in [2.45, 2.75) is 6.42 Å². The topological polar surface area (TPSA) is 18.5 Å². The molecule has 0 spiro atoms. The first-order chi connectivity index (χ1) is 6.36. The van der Waals surface area contributed by atoms with Gasteiger partial charge in [0.05, 0.1) is 0 Å². The van der Waals surface area contributed by atoms with Crippen LogP contribution in [0.25, 0.3) is 0 Å². The normalized spacial score (nSPS) is 17.5. The molecular weight excluding hydrogens is 186 g/mol. The van der Waals surface area contributed by atoms with Crippen molar-refractivity contribution in [3.05, 3.63) is 29.3 Å². The molecule has 0 aliphatic carbocycles. The molecule has 0 unspecified atom stereocenters. The number of benzene rings is 1. The first kappa shape index (κ1) is 9.07. The average molecular weight is 196 g/mol. The molecule has 0 radical (unpaired) electrons. The smallest absolute Gasteiger partial charge is 0.407 e. The molecule has 0 amide bonds. The summed E-state index contributed by atoms with van der Waals surface area (Å²) in [4.78, 5) is 0. The van der Waals surface area contributed by atoms with Gasteiger partial charge in [0.1, 0.15) is 0 Å². The van der Waals surface area contributed by atoms with Crippen molar-refractivity contribution in [1.82, 2.24) is 0 Å². The molecule has 2 rings (SSSR count). The van der Waals surface area contributed by atoms with Gasteiger partial charge in [0.25, 0.3) is 0 Å². The third kappa shape index (κ3) is 2.24. The Labute approximate surface area is 82.9 Å². The summed E-state index contributed by atoms with van der Waals surface area (Å²) in [6.07, 6.45) is 0.969. The highest BCUT2D eigenvalue weighted by Crippen LogP contribution is 2.07. The molecular formula is C9H10BClO2. The zero-order valence-electron chi connectivity index (χ0n) is 7.20. The van der Waals surface area contributed by atoms with Crippen LogP contribution >= 0.6 is 11.6 Å². The van der Waals surface area contributed by atoms with E-state index in [1.165, 1.54) is 0 Å². The van der Waals surface area contributed by atoms with Crippen LogP contribution in [0.15, 0.2) is 24.3 Å². The number of halogens is 1. The molecule has 1 aromatic rings. The van der Waals surface area contributed by atoms with Crippen molar-refractivity contribution < 1.29 is 9.31 Å². The van der Waals surface area contributed by atoms with Crippen LogP contribution in [0, 0.1) is 0 Å². The van der Waals surface area contributed by atoms with Crippen molar-refractivity contribution in [2.75, 3.05) is 13.2 Å². The molecule has 1 saturated heterocycles. The lowest BCUT2D eigenvalue weighted by atomic mass is 9.78. The second-order valence-corrected chi connectivity index (χ2v) is 3.42. The van der Waals surface area contributed by atoms with Gasteiger partial charge >= 0.3 is 7.12 Å². The van der Waals surface area contributed by atoms with E-state index in [2.05, 4.69) is 0 Å². The minimum Gasteiger partial charge on any atom is -0.407 e. The van der Waals surface area contributed by atoms with Crippen molar-refractivity contribution in [3.63, 3.8) is 0 Å². The van der Waals surface area contributed by atoms with Crippen LogP contribution in [0.1, 0.15) is 6.42 Å². The maximum absolute atomic E-state index is 5.85. The molecule has 1 heterocycles. The number of rotatable bonds is 1. The van der Waals surface area contributed by atoms with Crippen molar-refractivity contribution in [2.24, 2.45) is 0 Å². The highest BCUT2D eigenvalue weighted by molar-refractivity contribution is 6.61. The van der Waals surface area contributed by atoms with Crippen LogP contribution < -0.4 is 5.46 Å². The highest BCUT2D eigenvalue weighted by atomic mass is 35.5. The third-order valence-corrected chi connectivity index (χ3v) is 2.18. The molecule has 0 atom stereocenters. The Bertz CT molecular complexity index is 287. The lowest BCUT2D eigenvalue weighted by Crippen LogP contribution is -2.40. The van der Waals surface area contributed by atoms with Crippen LogP contribution in [0.4, 0.5) is 0 Å². The Morgan fingerprint density at radius 2 is 2.00 bits per heavy atom. The fraction of sp³-hybridized carbons (Fsp3) is 0.333. The van der Waals surface area contributed by atoms with Crippen molar-refractivity contribution in [1.29, 1.82) is 0 Å². The first-order valence-electron chi connectivity index (χ1n) is 4.35. The summed E-state index contributed by atoms with van der Waals surface area (Å²) in [7, 11) is -0.229. The summed E-state index contributed by atoms with van der Waals surface area (Å²) >= 11 is 5.85. The summed E-state index contributed by atoms with van der Waals surface area (Å²) < 4.78 is 10.9. The van der Waals surface area contributed by atoms with E-state index in [1.807, 2.05) is 24.3 Å². The van der Waals surface area contributed by atoms with E-state index < -0.39 is 0 Å². The van der Waals surface area contributed by atoms with Gasteiger partial charge in [-0.15, -0.1) is 0 Å². The standard InChI is InChI=1S/C9H10BClO2/c11-9-4-1-3-8(7-9)10-12-5-2-6-13-10/h1,3-4,7H,2,5-6H2. The third-order valence-electron chi connectivity index (χ3n) is 1.95. The predicted molar refractivity (Wildman–Crippen MR) is 53.4 cm³/mol. The SMILES string of the molecule is Clc1cccc(B2OCCCO2)c1. The van der Waals surface area contributed by atoms with Gasteiger partial charge in [-0.2, -0.15) is 0 Å². The van der Waals surface area contributed by atoms with Crippen LogP contribution in [-0.2, 0) is 9.31 Å². The van der Waals surface area contributed by atoms with Crippen LogP contribution in [0.2, 0.25) is 5.02 Å². The molecule has 0 saturated carbocycles. The molecule has 0 aromatic heterocycles. The molecule has 0 bridgehead atoms. The zero-order valence-corrected chi connectivity index (χ0v) is 7.96. The lowest BCUT2D eigenvalue weighted by molar-refractivity contribution is 0.143. The van der Waals surface area contributed by atoms with Crippen molar-refractivity contribution >= 4 is 24.2 Å². The molecule has 68 valence electrons. The minimum absolute atomic E-state index is 0.229. The first-order valence-corrected chi connectivity index (χ1v) is 4.73. The summed E-state index contributed by atoms with van der Waals surface area (Å²) in [5.74, 6) is 0. The molecule has 0 N–H and O–H groups in total. The predicted octanol–water partition coefficient (Wildman–Crippen LogP) is 1.47. The van der Waals surface area contributed by atoms with Crippen LogP contribution in [-0.4, -0.2) is 20.3 Å². The molecule has 4 heteroatoms. The van der Waals surface area contributed by atoms with Gasteiger partial charge in [0, 0.05) is 18.2 Å². The summed E-state index contributed by atoms with van der Waals surface area (Å²) in [5, 5.41) is 0.718. The van der Waals surface area contributed by atoms with E-state index in [9.17, 15) is 0 Å². The van der Waals surface area contributed by atoms with E-state index in [-0.39, 0.29) is 7.12 Å². The summed E-state index contributed by atoms with van der Waals surface area (Å²) in [6, 6.07) is 7.58. The Balaban J connectivity index is 2.14. The van der Waals surface area contributed by atoms with Gasteiger partial charge < -0.3 is 9.31 Å². The van der Waals surface area contributed by atoms with Gasteiger partial charge in [-0.3, -0.25) is 0 Å². The highest BCUT2D eigenvalue weighted by Gasteiger charge is 2.23. The zero-order chi connectivity index (χ0) is 9.10. The fourth-order valence-corrected chi connectivity index (χ4v) is 1.53. The van der Waals surface area contributed by atoms with Crippen molar-refractivity contribution in [3.8, 4) is 0 Å². The minimum atomic E-state index is -0.229. The number of hydrogen-bond acceptors (Lipinski definition) is 2. The Hall–Kier alpha value is -0.505. The van der Waals surface area contributed by atoms with E-state index >= 15 is 0 Å².